The molecule has 3 N–H and O–H groups in total. The fourth-order valence-electron chi connectivity index (χ4n) is 3.97. The number of aliphatic hydroxyl groups excluding tert-OH is 1. The van der Waals surface area contributed by atoms with Gasteiger partial charge in [-0.3, -0.25) is 4.79 Å². The summed E-state index contributed by atoms with van der Waals surface area (Å²) in [7, 11) is 0. The molecule has 0 aliphatic carbocycles. The van der Waals surface area contributed by atoms with Gasteiger partial charge in [0.2, 0.25) is 0 Å². The first-order chi connectivity index (χ1) is 17.3. The Labute approximate surface area is 212 Å². The summed E-state index contributed by atoms with van der Waals surface area (Å²) in [6.07, 6.45) is 3.12. The monoisotopic (exact) mass is 490 g/mol. The third kappa shape index (κ3) is 6.16. The first-order valence-corrected chi connectivity index (χ1v) is 12.3. The van der Waals surface area contributed by atoms with Crippen molar-refractivity contribution in [2.24, 2.45) is 0 Å². The molecule has 3 heterocycles. The molecule has 1 amide bonds. The van der Waals surface area contributed by atoms with Gasteiger partial charge in [-0.15, -0.1) is 0 Å². The number of carbonyl (C=O) groups is 1. The number of aryl methyl sites for hydroxylation is 1. The lowest BCUT2D eigenvalue weighted by Gasteiger charge is -2.29. The molecule has 1 aliphatic heterocycles. The molecule has 190 valence electrons. The van der Waals surface area contributed by atoms with Crippen molar-refractivity contribution in [3.63, 3.8) is 0 Å². The van der Waals surface area contributed by atoms with Gasteiger partial charge in [-0.05, 0) is 54.8 Å². The van der Waals surface area contributed by atoms with Crippen molar-refractivity contribution in [2.75, 3.05) is 48.4 Å². The van der Waals surface area contributed by atoms with E-state index in [2.05, 4.69) is 31.6 Å². The summed E-state index contributed by atoms with van der Waals surface area (Å²) < 4.78 is 5.51. The van der Waals surface area contributed by atoms with Gasteiger partial charge >= 0.3 is 0 Å². The number of amides is 1. The van der Waals surface area contributed by atoms with E-state index in [1.165, 1.54) is 0 Å². The number of nitrogens with zero attached hydrogens (tertiary/aromatic N) is 4. The number of hydrogen-bond acceptors (Lipinski definition) is 8. The molecular weight excluding hydrogens is 456 g/mol. The van der Waals surface area contributed by atoms with Gasteiger partial charge in [0.25, 0.3) is 5.91 Å². The number of morpholine rings is 1. The third-order valence-corrected chi connectivity index (χ3v) is 6.07. The maximum atomic E-state index is 12.8. The van der Waals surface area contributed by atoms with E-state index in [0.29, 0.717) is 36.1 Å². The highest BCUT2D eigenvalue weighted by atomic mass is 16.5. The zero-order valence-electron chi connectivity index (χ0n) is 21.3. The van der Waals surface area contributed by atoms with E-state index in [4.69, 9.17) is 9.72 Å². The second-order valence-electron chi connectivity index (χ2n) is 9.40. The standard InChI is InChI=1S/C27H34N6O3/c1-17(2)26-28-14-21(15-29-26)27(35)31-22-6-5-18(3)23(13-22)20-11-24(30-19(4)16-34)32-25(12-20)33-7-9-36-10-8-33/h5-6,11-15,17,19,34H,7-10,16H2,1-4H3,(H,30,32)(H,31,35)/t19-/m1/s1. The highest BCUT2D eigenvalue weighted by molar-refractivity contribution is 6.04. The van der Waals surface area contributed by atoms with Gasteiger partial charge in [-0.1, -0.05) is 19.9 Å². The maximum absolute atomic E-state index is 12.8. The molecule has 2 aromatic heterocycles. The van der Waals surface area contributed by atoms with Crippen molar-refractivity contribution in [3.05, 3.63) is 59.7 Å². The Hall–Kier alpha value is -3.56. The van der Waals surface area contributed by atoms with Gasteiger partial charge in [-0.2, -0.15) is 0 Å². The summed E-state index contributed by atoms with van der Waals surface area (Å²) in [5.41, 5.74) is 4.10. The Morgan fingerprint density at radius 3 is 2.50 bits per heavy atom. The first-order valence-electron chi connectivity index (χ1n) is 12.3. The average molecular weight is 491 g/mol. The number of nitrogens with one attached hydrogen (secondary N) is 2. The van der Waals surface area contributed by atoms with E-state index < -0.39 is 0 Å². The second kappa shape index (κ2) is 11.5. The Kier molecular flexibility index (Phi) is 8.12. The van der Waals surface area contributed by atoms with Crippen LogP contribution in [0.5, 0.6) is 0 Å². The van der Waals surface area contributed by atoms with E-state index in [9.17, 15) is 9.90 Å². The molecular formula is C27H34N6O3. The molecule has 9 heteroatoms. The number of rotatable bonds is 8. The van der Waals surface area contributed by atoms with E-state index in [-0.39, 0.29) is 24.5 Å². The topological polar surface area (TPSA) is 112 Å². The molecule has 1 atom stereocenters. The molecule has 0 bridgehead atoms. The number of ether oxygens (including phenoxy) is 1. The molecule has 4 rings (SSSR count). The summed E-state index contributed by atoms with van der Waals surface area (Å²) in [5.74, 6) is 2.18. The fourth-order valence-corrected chi connectivity index (χ4v) is 3.97. The highest BCUT2D eigenvalue weighted by Gasteiger charge is 2.17. The number of pyridine rings is 1. The molecule has 0 spiro atoms. The zero-order chi connectivity index (χ0) is 25.7. The van der Waals surface area contributed by atoms with Gasteiger partial charge in [0.1, 0.15) is 17.5 Å². The van der Waals surface area contributed by atoms with E-state index >= 15 is 0 Å². The molecule has 1 aromatic carbocycles. The van der Waals surface area contributed by atoms with Gasteiger partial charge < -0.3 is 25.4 Å². The summed E-state index contributed by atoms with van der Waals surface area (Å²) >= 11 is 0. The summed E-state index contributed by atoms with van der Waals surface area (Å²) in [6.45, 7) is 10.8. The second-order valence-corrected chi connectivity index (χ2v) is 9.40. The Bertz CT molecular complexity index is 1190. The highest BCUT2D eigenvalue weighted by Crippen LogP contribution is 2.31. The van der Waals surface area contributed by atoms with Crippen LogP contribution in [0.3, 0.4) is 0 Å². The SMILES string of the molecule is Cc1ccc(NC(=O)c2cnc(C(C)C)nc2)cc1-c1cc(N[C@H](C)CO)nc(N2CCOCC2)c1. The van der Waals surface area contributed by atoms with Crippen LogP contribution in [-0.4, -0.2) is 64.9 Å². The Morgan fingerprint density at radius 2 is 1.83 bits per heavy atom. The van der Waals surface area contributed by atoms with Gasteiger partial charge in [0.05, 0.1) is 25.4 Å². The summed E-state index contributed by atoms with van der Waals surface area (Å²) in [5, 5.41) is 15.8. The number of benzene rings is 1. The van der Waals surface area contributed by atoms with E-state index in [1.54, 1.807) is 12.4 Å². The smallest absolute Gasteiger partial charge is 0.258 e. The van der Waals surface area contributed by atoms with Crippen molar-refractivity contribution < 1.29 is 14.6 Å². The van der Waals surface area contributed by atoms with Crippen LogP contribution in [0.2, 0.25) is 0 Å². The minimum absolute atomic E-state index is 0.00119. The Morgan fingerprint density at radius 1 is 1.11 bits per heavy atom. The lowest BCUT2D eigenvalue weighted by molar-refractivity contribution is 0.102. The van der Waals surface area contributed by atoms with Crippen molar-refractivity contribution in [2.45, 2.75) is 39.7 Å². The van der Waals surface area contributed by atoms with Crippen molar-refractivity contribution >= 4 is 23.2 Å². The minimum Gasteiger partial charge on any atom is -0.394 e. The molecule has 1 fully saturated rings. The van der Waals surface area contributed by atoms with Crippen LogP contribution in [0, 0.1) is 6.92 Å². The maximum Gasteiger partial charge on any atom is 0.258 e. The minimum atomic E-state index is -0.261. The van der Waals surface area contributed by atoms with Crippen molar-refractivity contribution in [3.8, 4) is 11.1 Å². The van der Waals surface area contributed by atoms with Crippen molar-refractivity contribution in [1.82, 2.24) is 15.0 Å². The van der Waals surface area contributed by atoms with Crippen molar-refractivity contribution in [1.29, 1.82) is 0 Å². The summed E-state index contributed by atoms with van der Waals surface area (Å²) in [6, 6.07) is 9.74. The Balaban J connectivity index is 1.64. The number of aromatic nitrogens is 3. The molecule has 3 aromatic rings. The van der Waals surface area contributed by atoms with E-state index in [0.717, 1.165) is 35.6 Å². The van der Waals surface area contributed by atoms with Gasteiger partial charge in [-0.25, -0.2) is 15.0 Å². The largest absolute Gasteiger partial charge is 0.394 e. The van der Waals surface area contributed by atoms with Crippen LogP contribution in [0.1, 0.15) is 48.4 Å². The van der Waals surface area contributed by atoms with Gasteiger partial charge in [0, 0.05) is 43.1 Å². The molecule has 0 saturated carbocycles. The van der Waals surface area contributed by atoms with Gasteiger partial charge in [0.15, 0.2) is 0 Å². The average Bonchev–Trinajstić information content (AvgIpc) is 2.90. The van der Waals surface area contributed by atoms with Crippen LogP contribution >= 0.6 is 0 Å². The third-order valence-electron chi connectivity index (χ3n) is 6.07. The quantitative estimate of drug-likeness (QED) is 0.437. The van der Waals surface area contributed by atoms with Crippen LogP contribution in [0.4, 0.5) is 17.3 Å². The van der Waals surface area contributed by atoms with Crippen LogP contribution < -0.4 is 15.5 Å². The molecule has 0 radical (unpaired) electrons. The number of anilines is 3. The van der Waals surface area contributed by atoms with Crippen LogP contribution in [-0.2, 0) is 4.74 Å². The number of carbonyl (C=O) groups excluding carboxylic acids is 1. The van der Waals surface area contributed by atoms with E-state index in [1.807, 2.05) is 52.0 Å². The molecule has 0 unspecified atom stereocenters. The predicted octanol–water partition coefficient (Wildman–Crippen LogP) is 3.85. The molecule has 9 nitrogen and oxygen atoms in total. The first kappa shape index (κ1) is 25.5. The normalized spacial score (nSPS) is 14.6. The predicted molar refractivity (Wildman–Crippen MR) is 142 cm³/mol. The molecule has 1 aliphatic rings. The number of hydrogen-bond donors (Lipinski definition) is 3. The zero-order valence-corrected chi connectivity index (χ0v) is 21.3. The van der Waals surface area contributed by atoms with Crippen LogP contribution in [0.15, 0.2) is 42.7 Å². The number of aliphatic hydroxyl groups is 1. The fraction of sp³-hybridized carbons (Fsp3) is 0.407. The lowest BCUT2D eigenvalue weighted by Crippen LogP contribution is -2.37. The van der Waals surface area contributed by atoms with Crippen LogP contribution in [0.25, 0.3) is 11.1 Å². The lowest BCUT2D eigenvalue weighted by atomic mass is 10.00. The molecule has 1 saturated heterocycles. The summed E-state index contributed by atoms with van der Waals surface area (Å²) in [4.78, 5) is 28.4. The molecule has 36 heavy (non-hydrogen) atoms.